The molecule has 1 saturated heterocycles. The summed E-state index contributed by atoms with van der Waals surface area (Å²) in [6.07, 6.45) is 5.37. The van der Waals surface area contributed by atoms with Crippen LogP contribution in [0.3, 0.4) is 0 Å². The number of hydrogen-bond donors (Lipinski definition) is 0. The van der Waals surface area contributed by atoms with E-state index in [1.54, 1.807) is 7.11 Å². The van der Waals surface area contributed by atoms with Gasteiger partial charge in [0, 0.05) is 45.0 Å². The molecule has 0 aromatic carbocycles. The van der Waals surface area contributed by atoms with Gasteiger partial charge in [0.1, 0.15) is 5.82 Å². The third-order valence-corrected chi connectivity index (χ3v) is 5.86. The summed E-state index contributed by atoms with van der Waals surface area (Å²) in [5.74, 6) is 0.963. The topological polar surface area (TPSA) is 57.6 Å². The molecule has 0 N–H and O–H groups in total. The van der Waals surface area contributed by atoms with E-state index >= 15 is 0 Å². The van der Waals surface area contributed by atoms with Crippen LogP contribution in [0.25, 0.3) is 0 Å². The first-order valence-electron chi connectivity index (χ1n) is 10.1. The van der Waals surface area contributed by atoms with Crippen molar-refractivity contribution < 1.29 is 4.74 Å². The number of anilines is 1. The van der Waals surface area contributed by atoms with Crippen LogP contribution in [0.1, 0.15) is 35.8 Å². The Bertz CT molecular complexity index is 805. The molecule has 0 bridgehead atoms. The highest BCUT2D eigenvalue weighted by atomic mass is 16.5. The van der Waals surface area contributed by atoms with Crippen LogP contribution < -0.4 is 9.64 Å². The van der Waals surface area contributed by atoms with Crippen molar-refractivity contribution in [3.05, 3.63) is 41.3 Å². The van der Waals surface area contributed by atoms with Crippen molar-refractivity contribution in [2.75, 3.05) is 52.3 Å². The Labute approximate surface area is 167 Å². The lowest BCUT2D eigenvalue weighted by Gasteiger charge is -2.34. The molecule has 2 aromatic rings. The van der Waals surface area contributed by atoms with Gasteiger partial charge in [-0.3, -0.25) is 9.88 Å². The zero-order valence-corrected chi connectivity index (χ0v) is 17.1. The molecule has 1 aliphatic carbocycles. The smallest absolute Gasteiger partial charge is 0.318 e. The van der Waals surface area contributed by atoms with Crippen molar-refractivity contribution >= 4 is 5.82 Å². The van der Waals surface area contributed by atoms with E-state index in [1.165, 1.54) is 17.7 Å². The maximum atomic E-state index is 5.40. The number of rotatable bonds is 5. The molecule has 1 unspecified atom stereocenters. The van der Waals surface area contributed by atoms with Gasteiger partial charge in [-0.2, -0.15) is 9.97 Å². The fraction of sp³-hybridized carbons (Fsp3) is 0.571. The lowest BCUT2D eigenvalue weighted by Crippen LogP contribution is -2.44. The summed E-state index contributed by atoms with van der Waals surface area (Å²) in [7, 11) is 5.96. The Hall–Kier alpha value is -2.25. The lowest BCUT2D eigenvalue weighted by molar-refractivity contribution is 0.205. The minimum absolute atomic E-state index is 0.331. The summed E-state index contributed by atoms with van der Waals surface area (Å²) in [5.41, 5.74) is 3.59. The summed E-state index contributed by atoms with van der Waals surface area (Å²) < 4.78 is 5.40. The molecule has 1 atom stereocenters. The molecule has 2 aliphatic rings. The maximum absolute atomic E-state index is 5.40. The van der Waals surface area contributed by atoms with E-state index in [-0.39, 0.29) is 0 Å². The van der Waals surface area contributed by atoms with Crippen LogP contribution in [0.4, 0.5) is 5.82 Å². The number of aromatic nitrogens is 3. The second-order valence-corrected chi connectivity index (χ2v) is 7.87. The van der Waals surface area contributed by atoms with E-state index in [0.29, 0.717) is 12.1 Å². The molecule has 1 aliphatic heterocycles. The summed E-state index contributed by atoms with van der Waals surface area (Å²) in [5, 5.41) is 0. The van der Waals surface area contributed by atoms with Crippen LogP contribution >= 0.6 is 0 Å². The Morgan fingerprint density at radius 3 is 2.82 bits per heavy atom. The first kappa shape index (κ1) is 19.1. The number of methoxy groups -OCH3 is 1. The van der Waals surface area contributed by atoms with E-state index in [4.69, 9.17) is 4.74 Å². The van der Waals surface area contributed by atoms with Gasteiger partial charge in [0.15, 0.2) is 0 Å². The van der Waals surface area contributed by atoms with Crippen molar-refractivity contribution in [3.63, 3.8) is 0 Å². The molecule has 1 fully saturated rings. The molecular formula is C21H30N6O. The lowest BCUT2D eigenvalue weighted by atomic mass is 9.91. The van der Waals surface area contributed by atoms with E-state index in [2.05, 4.69) is 55.9 Å². The summed E-state index contributed by atoms with van der Waals surface area (Å²) >= 11 is 0. The molecule has 0 spiro atoms. The molecule has 0 amide bonds. The van der Waals surface area contributed by atoms with Gasteiger partial charge >= 0.3 is 6.01 Å². The minimum atomic E-state index is 0.331. The van der Waals surface area contributed by atoms with Gasteiger partial charge in [-0.05, 0) is 45.0 Å². The molecular weight excluding hydrogens is 352 g/mol. The average Bonchev–Trinajstić information content (AvgIpc) is 2.73. The Morgan fingerprint density at radius 2 is 2.04 bits per heavy atom. The highest BCUT2D eigenvalue weighted by Crippen LogP contribution is 2.32. The molecule has 4 rings (SSSR count). The first-order chi connectivity index (χ1) is 13.6. The Morgan fingerprint density at radius 1 is 1.21 bits per heavy atom. The van der Waals surface area contributed by atoms with Crippen LogP contribution in [-0.4, -0.2) is 72.1 Å². The number of piperazine rings is 1. The number of fused-ring (bicyclic) bond motifs is 1. The van der Waals surface area contributed by atoms with Gasteiger partial charge < -0.3 is 14.5 Å². The second-order valence-electron chi connectivity index (χ2n) is 7.87. The quantitative estimate of drug-likeness (QED) is 0.785. The van der Waals surface area contributed by atoms with Crippen molar-refractivity contribution in [2.45, 2.75) is 31.8 Å². The predicted molar refractivity (Wildman–Crippen MR) is 110 cm³/mol. The number of nitrogens with zero attached hydrogens (tertiary/aromatic N) is 6. The van der Waals surface area contributed by atoms with Crippen molar-refractivity contribution in [1.29, 1.82) is 0 Å². The van der Waals surface area contributed by atoms with E-state index in [1.807, 2.05) is 12.3 Å². The van der Waals surface area contributed by atoms with Crippen LogP contribution in [0.2, 0.25) is 0 Å². The number of pyridine rings is 1. The van der Waals surface area contributed by atoms with E-state index < -0.39 is 0 Å². The molecule has 7 heteroatoms. The fourth-order valence-corrected chi connectivity index (χ4v) is 4.21. The third kappa shape index (κ3) is 4.10. The summed E-state index contributed by atoms with van der Waals surface area (Å²) in [6.45, 7) is 4.80. The third-order valence-electron chi connectivity index (χ3n) is 5.86. The van der Waals surface area contributed by atoms with Crippen LogP contribution in [-0.2, 0) is 13.0 Å². The average molecular weight is 383 g/mol. The van der Waals surface area contributed by atoms with Crippen molar-refractivity contribution in [1.82, 2.24) is 24.8 Å². The molecule has 0 radical (unpaired) electrons. The molecule has 28 heavy (non-hydrogen) atoms. The van der Waals surface area contributed by atoms with Crippen molar-refractivity contribution in [3.8, 4) is 6.01 Å². The van der Waals surface area contributed by atoms with E-state index in [0.717, 1.165) is 57.1 Å². The minimum Gasteiger partial charge on any atom is -0.467 e. The second kappa shape index (κ2) is 8.41. The van der Waals surface area contributed by atoms with Crippen molar-refractivity contribution in [2.24, 2.45) is 0 Å². The van der Waals surface area contributed by atoms with Crippen LogP contribution in [0.5, 0.6) is 6.01 Å². The first-order valence-corrected chi connectivity index (χ1v) is 10.1. The highest BCUT2D eigenvalue weighted by Gasteiger charge is 2.26. The Balaban J connectivity index is 1.53. The van der Waals surface area contributed by atoms with Gasteiger partial charge in [0.2, 0.25) is 0 Å². The monoisotopic (exact) mass is 382 g/mol. The van der Waals surface area contributed by atoms with E-state index in [9.17, 15) is 0 Å². The zero-order chi connectivity index (χ0) is 19.5. The molecule has 7 nitrogen and oxygen atoms in total. The Kier molecular flexibility index (Phi) is 5.73. The standard InChI is InChI=1S/C21H30N6O/c1-25-10-12-27(13-11-25)19-14-17(23-21(24-19)28-3)15-26(2)18-8-4-6-16-7-5-9-22-20(16)18/h5,7,9,14,18H,4,6,8,10-13,15H2,1-3H3. The molecule has 2 aromatic heterocycles. The highest BCUT2D eigenvalue weighted by molar-refractivity contribution is 5.41. The maximum Gasteiger partial charge on any atom is 0.318 e. The number of hydrogen-bond acceptors (Lipinski definition) is 7. The van der Waals surface area contributed by atoms with Gasteiger partial charge in [-0.1, -0.05) is 6.07 Å². The number of aryl methyl sites for hydroxylation is 1. The van der Waals surface area contributed by atoms with Gasteiger partial charge in [-0.25, -0.2) is 0 Å². The molecule has 3 heterocycles. The number of ether oxygens (including phenoxy) is 1. The number of likely N-dealkylation sites (N-methyl/N-ethyl adjacent to an activating group) is 1. The normalized spacial score (nSPS) is 20.3. The van der Waals surface area contributed by atoms with Gasteiger partial charge in [0.25, 0.3) is 0 Å². The molecule has 0 saturated carbocycles. The summed E-state index contributed by atoms with van der Waals surface area (Å²) in [4.78, 5) is 20.9. The van der Waals surface area contributed by atoms with Crippen LogP contribution in [0.15, 0.2) is 24.4 Å². The SMILES string of the molecule is COc1nc(CN(C)C2CCCc3cccnc32)cc(N2CCN(C)CC2)n1. The van der Waals surface area contributed by atoms with Gasteiger partial charge in [0.05, 0.1) is 24.5 Å². The fourth-order valence-electron chi connectivity index (χ4n) is 4.21. The zero-order valence-electron chi connectivity index (χ0n) is 17.1. The summed E-state index contributed by atoms with van der Waals surface area (Å²) in [6, 6.07) is 7.15. The van der Waals surface area contributed by atoms with Gasteiger partial charge in [-0.15, -0.1) is 0 Å². The predicted octanol–water partition coefficient (Wildman–Crippen LogP) is 2.14. The molecule has 150 valence electrons. The largest absolute Gasteiger partial charge is 0.467 e. The van der Waals surface area contributed by atoms with Crippen LogP contribution in [0, 0.1) is 0 Å².